The lowest BCUT2D eigenvalue weighted by molar-refractivity contribution is 0.416. The van der Waals surface area contributed by atoms with E-state index in [-0.39, 0.29) is 0 Å². The minimum atomic E-state index is 0.741. The van der Waals surface area contributed by atoms with E-state index in [1.54, 1.807) is 18.4 Å². The van der Waals surface area contributed by atoms with E-state index in [9.17, 15) is 0 Å². The third kappa shape index (κ3) is 2.11. The highest BCUT2D eigenvalue weighted by molar-refractivity contribution is 9.10. The van der Waals surface area contributed by atoms with Crippen molar-refractivity contribution < 1.29 is 4.74 Å². The van der Waals surface area contributed by atoms with Crippen molar-refractivity contribution in [1.82, 2.24) is 0 Å². The number of benzene rings is 2. The Bertz CT molecular complexity index is 751. The zero-order valence-electron chi connectivity index (χ0n) is 10.3. The van der Waals surface area contributed by atoms with Gasteiger partial charge in [0.15, 0.2) is 0 Å². The molecule has 0 bridgehead atoms. The number of hydrogen-bond donors (Lipinski definition) is 1. The van der Waals surface area contributed by atoms with Gasteiger partial charge in [-0.25, -0.2) is 0 Å². The number of nitrogen functional groups attached to an aromatic ring is 1. The van der Waals surface area contributed by atoms with Gasteiger partial charge in [-0.2, -0.15) is 0 Å². The molecule has 1 heterocycles. The molecule has 1 aromatic heterocycles. The first-order chi connectivity index (χ1) is 9.20. The third-order valence-electron chi connectivity index (χ3n) is 3.07. The second kappa shape index (κ2) is 4.87. The predicted octanol–water partition coefficient (Wildman–Crippen LogP) is 4.92. The molecule has 0 saturated carbocycles. The van der Waals surface area contributed by atoms with Crippen LogP contribution in [-0.2, 0) is 0 Å². The summed E-state index contributed by atoms with van der Waals surface area (Å²) in [6.45, 7) is 0. The second-order valence-electron chi connectivity index (χ2n) is 4.23. The van der Waals surface area contributed by atoms with Crippen molar-refractivity contribution in [2.75, 3.05) is 12.8 Å². The molecule has 0 saturated heterocycles. The zero-order chi connectivity index (χ0) is 13.4. The fourth-order valence-corrected chi connectivity index (χ4v) is 3.79. The number of methoxy groups -OCH3 is 1. The SMILES string of the molecule is COc1ccc(N)cc1-c1csc2c(Br)cccc12. The lowest BCUT2D eigenvalue weighted by Crippen LogP contribution is -1.90. The Labute approximate surface area is 123 Å². The summed E-state index contributed by atoms with van der Waals surface area (Å²) >= 11 is 5.30. The van der Waals surface area contributed by atoms with Gasteiger partial charge in [-0.1, -0.05) is 12.1 Å². The zero-order valence-corrected chi connectivity index (χ0v) is 12.7. The van der Waals surface area contributed by atoms with E-state index >= 15 is 0 Å². The van der Waals surface area contributed by atoms with Crippen molar-refractivity contribution in [2.45, 2.75) is 0 Å². The minimum absolute atomic E-state index is 0.741. The van der Waals surface area contributed by atoms with Crippen molar-refractivity contribution in [2.24, 2.45) is 0 Å². The number of fused-ring (bicyclic) bond motifs is 1. The summed E-state index contributed by atoms with van der Waals surface area (Å²) in [5.74, 6) is 0.842. The van der Waals surface area contributed by atoms with Gasteiger partial charge in [0.2, 0.25) is 0 Å². The predicted molar refractivity (Wildman–Crippen MR) is 85.9 cm³/mol. The first-order valence-electron chi connectivity index (χ1n) is 5.80. The quantitative estimate of drug-likeness (QED) is 0.675. The molecule has 3 aromatic rings. The van der Waals surface area contributed by atoms with Gasteiger partial charge in [0.25, 0.3) is 0 Å². The standard InChI is InChI=1S/C15H12BrNOS/c1-18-14-6-5-9(17)7-11(14)12-8-19-15-10(12)3-2-4-13(15)16/h2-8H,17H2,1H3. The summed E-state index contributed by atoms with van der Waals surface area (Å²) in [6.07, 6.45) is 0. The Morgan fingerprint density at radius 2 is 2.00 bits per heavy atom. The number of hydrogen-bond acceptors (Lipinski definition) is 3. The van der Waals surface area contributed by atoms with Crippen molar-refractivity contribution in [3.05, 3.63) is 46.3 Å². The molecule has 0 aliphatic carbocycles. The van der Waals surface area contributed by atoms with Crippen LogP contribution in [0.5, 0.6) is 5.75 Å². The van der Waals surface area contributed by atoms with Crippen LogP contribution in [0.1, 0.15) is 0 Å². The maximum Gasteiger partial charge on any atom is 0.126 e. The maximum absolute atomic E-state index is 5.90. The Morgan fingerprint density at radius 1 is 1.16 bits per heavy atom. The van der Waals surface area contributed by atoms with Gasteiger partial charge in [-0.3, -0.25) is 0 Å². The Morgan fingerprint density at radius 3 is 2.79 bits per heavy atom. The van der Waals surface area contributed by atoms with Crippen LogP contribution in [0.25, 0.3) is 21.2 Å². The van der Waals surface area contributed by atoms with Crippen molar-refractivity contribution >= 4 is 43.0 Å². The van der Waals surface area contributed by atoms with Crippen molar-refractivity contribution in [3.8, 4) is 16.9 Å². The second-order valence-corrected chi connectivity index (χ2v) is 5.96. The van der Waals surface area contributed by atoms with E-state index in [0.717, 1.165) is 27.0 Å². The molecule has 96 valence electrons. The maximum atomic E-state index is 5.90. The Kier molecular flexibility index (Phi) is 3.21. The molecule has 2 N–H and O–H groups in total. The van der Waals surface area contributed by atoms with Gasteiger partial charge in [0.05, 0.1) is 7.11 Å². The monoisotopic (exact) mass is 333 g/mol. The third-order valence-corrected chi connectivity index (χ3v) is 5.02. The van der Waals surface area contributed by atoms with E-state index in [1.165, 1.54) is 10.1 Å². The van der Waals surface area contributed by atoms with Crippen molar-refractivity contribution in [1.29, 1.82) is 0 Å². The molecule has 4 heteroatoms. The first kappa shape index (κ1) is 12.5. The average Bonchev–Trinajstić information content (AvgIpc) is 2.84. The molecule has 2 nitrogen and oxygen atoms in total. The fraction of sp³-hybridized carbons (Fsp3) is 0.0667. The summed E-state index contributed by atoms with van der Waals surface area (Å²) in [7, 11) is 1.68. The summed E-state index contributed by atoms with van der Waals surface area (Å²) in [4.78, 5) is 0. The summed E-state index contributed by atoms with van der Waals surface area (Å²) in [5, 5.41) is 3.36. The highest BCUT2D eigenvalue weighted by atomic mass is 79.9. The number of nitrogens with two attached hydrogens (primary N) is 1. The van der Waals surface area contributed by atoms with Crippen LogP contribution >= 0.6 is 27.3 Å². The molecule has 0 radical (unpaired) electrons. The van der Waals surface area contributed by atoms with Gasteiger partial charge in [-0.05, 0) is 45.6 Å². The largest absolute Gasteiger partial charge is 0.496 e. The summed E-state index contributed by atoms with van der Waals surface area (Å²) in [5.41, 5.74) is 8.83. The number of ether oxygens (including phenoxy) is 1. The molecular formula is C15H12BrNOS. The molecule has 2 aromatic carbocycles. The van der Waals surface area contributed by atoms with Crippen LogP contribution in [0.2, 0.25) is 0 Å². The van der Waals surface area contributed by atoms with E-state index in [1.807, 2.05) is 24.3 Å². The fourth-order valence-electron chi connectivity index (χ4n) is 2.17. The number of thiophene rings is 1. The molecular weight excluding hydrogens is 322 g/mol. The number of halogens is 1. The van der Waals surface area contributed by atoms with Crippen LogP contribution in [0, 0.1) is 0 Å². The van der Waals surface area contributed by atoms with Crippen LogP contribution in [-0.4, -0.2) is 7.11 Å². The van der Waals surface area contributed by atoms with E-state index < -0.39 is 0 Å². The van der Waals surface area contributed by atoms with Gasteiger partial charge in [-0.15, -0.1) is 11.3 Å². The van der Waals surface area contributed by atoms with Gasteiger partial charge in [0, 0.05) is 31.4 Å². The first-order valence-corrected chi connectivity index (χ1v) is 7.47. The normalized spacial score (nSPS) is 10.8. The lowest BCUT2D eigenvalue weighted by Gasteiger charge is -2.09. The molecule has 0 aliphatic heterocycles. The van der Waals surface area contributed by atoms with Crippen LogP contribution in [0.3, 0.4) is 0 Å². The van der Waals surface area contributed by atoms with E-state index in [0.29, 0.717) is 0 Å². The highest BCUT2D eigenvalue weighted by Gasteiger charge is 2.12. The topological polar surface area (TPSA) is 35.2 Å². The highest BCUT2D eigenvalue weighted by Crippen LogP contribution is 2.41. The van der Waals surface area contributed by atoms with Crippen LogP contribution in [0.4, 0.5) is 5.69 Å². The number of rotatable bonds is 2. The van der Waals surface area contributed by atoms with Crippen molar-refractivity contribution in [3.63, 3.8) is 0 Å². The Hall–Kier alpha value is -1.52. The smallest absolute Gasteiger partial charge is 0.126 e. The number of anilines is 1. The van der Waals surface area contributed by atoms with E-state index in [2.05, 4.69) is 33.4 Å². The van der Waals surface area contributed by atoms with Gasteiger partial charge < -0.3 is 10.5 Å². The van der Waals surface area contributed by atoms with E-state index in [4.69, 9.17) is 10.5 Å². The molecule has 0 aliphatic rings. The molecule has 0 atom stereocenters. The molecule has 0 amide bonds. The van der Waals surface area contributed by atoms with Gasteiger partial charge in [0.1, 0.15) is 5.75 Å². The molecule has 0 spiro atoms. The molecule has 3 rings (SSSR count). The summed E-state index contributed by atoms with van der Waals surface area (Å²) < 4.78 is 7.79. The van der Waals surface area contributed by atoms with Gasteiger partial charge >= 0.3 is 0 Å². The molecule has 19 heavy (non-hydrogen) atoms. The molecule has 0 unspecified atom stereocenters. The summed E-state index contributed by atoms with van der Waals surface area (Å²) in [6, 6.07) is 11.9. The van der Waals surface area contributed by atoms with Crippen LogP contribution < -0.4 is 10.5 Å². The minimum Gasteiger partial charge on any atom is -0.496 e. The average molecular weight is 334 g/mol. The Balaban J connectivity index is 2.30. The molecule has 0 fully saturated rings. The lowest BCUT2D eigenvalue weighted by atomic mass is 10.0. The van der Waals surface area contributed by atoms with Crippen LogP contribution in [0.15, 0.2) is 46.3 Å².